The van der Waals surface area contributed by atoms with E-state index in [1.54, 1.807) is 33.8 Å². The first kappa shape index (κ1) is 26.8. The second-order valence-electron chi connectivity index (χ2n) is 9.32. The lowest BCUT2D eigenvalue weighted by Gasteiger charge is -2.19. The third-order valence-electron chi connectivity index (χ3n) is 5.12. The van der Waals surface area contributed by atoms with E-state index < -0.39 is 0 Å². The zero-order valence-corrected chi connectivity index (χ0v) is 21.8. The Labute approximate surface area is 211 Å². The van der Waals surface area contributed by atoms with Gasteiger partial charge in [-0.05, 0) is 41.5 Å². The largest absolute Gasteiger partial charge is 0.487 e. The molecule has 3 aromatic rings. The van der Waals surface area contributed by atoms with E-state index in [2.05, 4.69) is 20.6 Å². The maximum absolute atomic E-state index is 6.08. The lowest BCUT2D eigenvalue weighted by molar-refractivity contribution is 0.277. The van der Waals surface area contributed by atoms with Crippen molar-refractivity contribution in [3.05, 3.63) is 53.9 Å². The molecule has 4 N–H and O–H groups in total. The Morgan fingerprint density at radius 1 is 0.833 bits per heavy atom. The van der Waals surface area contributed by atoms with Crippen LogP contribution in [0.5, 0.6) is 17.2 Å². The normalized spacial score (nSPS) is 12.0. The number of benzene rings is 1. The molecule has 1 aromatic carbocycles. The molecule has 0 saturated heterocycles. The van der Waals surface area contributed by atoms with Gasteiger partial charge in [-0.15, -0.1) is 10.2 Å². The molecule has 0 saturated carbocycles. The minimum Gasteiger partial charge on any atom is -0.487 e. The van der Waals surface area contributed by atoms with E-state index in [0.717, 1.165) is 0 Å². The Morgan fingerprint density at radius 3 is 1.67 bits per heavy atom. The van der Waals surface area contributed by atoms with Gasteiger partial charge in [-0.1, -0.05) is 10.4 Å². The van der Waals surface area contributed by atoms with Crippen molar-refractivity contribution in [2.45, 2.75) is 72.9 Å². The van der Waals surface area contributed by atoms with E-state index in [1.165, 1.54) is 5.01 Å². The highest BCUT2D eigenvalue weighted by molar-refractivity contribution is 5.42. The second kappa shape index (κ2) is 12.2. The molecule has 3 rings (SSSR count). The molecule has 0 aliphatic carbocycles. The fourth-order valence-electron chi connectivity index (χ4n) is 2.92. The van der Waals surface area contributed by atoms with Crippen molar-refractivity contribution in [1.29, 1.82) is 0 Å². The van der Waals surface area contributed by atoms with E-state index in [1.807, 2.05) is 53.9 Å². The molecule has 2 aromatic heterocycles. The van der Waals surface area contributed by atoms with Crippen molar-refractivity contribution in [3.8, 4) is 17.2 Å². The molecule has 0 spiro atoms. The van der Waals surface area contributed by atoms with E-state index in [4.69, 9.17) is 25.8 Å². The van der Waals surface area contributed by atoms with E-state index in [-0.39, 0.29) is 37.9 Å². The van der Waals surface area contributed by atoms with Gasteiger partial charge in [0, 0.05) is 42.5 Å². The van der Waals surface area contributed by atoms with Crippen molar-refractivity contribution < 1.29 is 14.2 Å². The van der Waals surface area contributed by atoms with Crippen molar-refractivity contribution in [1.82, 2.24) is 35.0 Å². The molecule has 0 fully saturated rings. The maximum atomic E-state index is 6.08. The minimum absolute atomic E-state index is 0.114. The lowest BCUT2D eigenvalue weighted by Crippen LogP contribution is -2.33. The standard InChI is InChI=1S/C24H37N9O3/c1-16(2)31(26)10-19(25)13-34-22-7-23(35-14-20-11-32(17(3)4)29-27-20)9-24(8-22)36-15-21-12-33(18(5)6)30-28-21/h7-12,16-18H,13-15,25-26H2,1-6H3/b19-10-. The van der Waals surface area contributed by atoms with Gasteiger partial charge in [0.1, 0.15) is 48.5 Å². The summed E-state index contributed by atoms with van der Waals surface area (Å²) in [6, 6.07) is 5.87. The molecule has 0 unspecified atom stereocenters. The topological polar surface area (TPSA) is 144 Å². The highest BCUT2D eigenvalue weighted by Crippen LogP contribution is 2.29. The fraction of sp³-hybridized carbons (Fsp3) is 0.500. The zero-order valence-electron chi connectivity index (χ0n) is 21.8. The number of aromatic nitrogens is 6. The molecule has 0 aliphatic heterocycles. The summed E-state index contributed by atoms with van der Waals surface area (Å²) in [5.74, 6) is 7.56. The molecule has 196 valence electrons. The monoisotopic (exact) mass is 499 g/mol. The Kier molecular flexibility index (Phi) is 9.12. The summed E-state index contributed by atoms with van der Waals surface area (Å²) in [6.45, 7) is 12.7. The van der Waals surface area contributed by atoms with Crippen molar-refractivity contribution in [2.75, 3.05) is 6.61 Å². The molecular formula is C24H37N9O3. The molecule has 2 heterocycles. The minimum atomic E-state index is 0.114. The number of rotatable bonds is 13. The van der Waals surface area contributed by atoms with Gasteiger partial charge >= 0.3 is 0 Å². The van der Waals surface area contributed by atoms with Crippen LogP contribution < -0.4 is 25.8 Å². The maximum Gasteiger partial charge on any atom is 0.134 e. The van der Waals surface area contributed by atoms with Gasteiger partial charge in [-0.2, -0.15) is 0 Å². The Hall–Kier alpha value is -3.80. The third kappa shape index (κ3) is 7.87. The summed E-state index contributed by atoms with van der Waals surface area (Å²) in [6.07, 6.45) is 5.37. The van der Waals surface area contributed by atoms with E-state index >= 15 is 0 Å². The summed E-state index contributed by atoms with van der Waals surface area (Å²) >= 11 is 0. The van der Waals surface area contributed by atoms with Crippen LogP contribution in [0.15, 0.2) is 42.5 Å². The first-order chi connectivity index (χ1) is 17.1. The Morgan fingerprint density at radius 2 is 1.28 bits per heavy atom. The smallest absolute Gasteiger partial charge is 0.134 e. The summed E-state index contributed by atoms with van der Waals surface area (Å²) in [4.78, 5) is 0. The van der Waals surface area contributed by atoms with Gasteiger partial charge in [0.05, 0.1) is 18.1 Å². The van der Waals surface area contributed by atoms with Crippen LogP contribution in [0.25, 0.3) is 0 Å². The predicted molar refractivity (Wildman–Crippen MR) is 135 cm³/mol. The first-order valence-corrected chi connectivity index (χ1v) is 11.9. The number of hydrogen-bond acceptors (Lipinski definition) is 10. The molecular weight excluding hydrogens is 462 g/mol. The molecule has 12 nitrogen and oxygen atoms in total. The van der Waals surface area contributed by atoms with Gasteiger partial charge < -0.3 is 25.0 Å². The average molecular weight is 500 g/mol. The van der Waals surface area contributed by atoms with Gasteiger partial charge in [-0.3, -0.25) is 0 Å². The highest BCUT2D eigenvalue weighted by atomic mass is 16.5. The van der Waals surface area contributed by atoms with E-state index in [9.17, 15) is 0 Å². The Bertz CT molecular complexity index is 1070. The van der Waals surface area contributed by atoms with Gasteiger partial charge in [0.2, 0.25) is 0 Å². The van der Waals surface area contributed by atoms with Crippen LogP contribution in [0.2, 0.25) is 0 Å². The van der Waals surface area contributed by atoms with Crippen LogP contribution in [-0.4, -0.2) is 47.6 Å². The highest BCUT2D eigenvalue weighted by Gasteiger charge is 2.10. The predicted octanol–water partition coefficient (Wildman–Crippen LogP) is 2.95. The van der Waals surface area contributed by atoms with Crippen molar-refractivity contribution in [2.24, 2.45) is 11.6 Å². The van der Waals surface area contributed by atoms with Crippen molar-refractivity contribution >= 4 is 0 Å². The average Bonchev–Trinajstić information content (AvgIpc) is 3.50. The number of hydrazine groups is 1. The lowest BCUT2D eigenvalue weighted by atomic mass is 10.3. The molecule has 0 radical (unpaired) electrons. The number of hydrogen-bond donors (Lipinski definition) is 2. The van der Waals surface area contributed by atoms with Crippen LogP contribution in [0.1, 0.15) is 65.0 Å². The second-order valence-corrected chi connectivity index (χ2v) is 9.32. The molecule has 0 atom stereocenters. The molecule has 0 bridgehead atoms. The SMILES string of the molecule is CC(C)N(N)/C=C(\N)COc1cc(OCc2cn(C(C)C)nn2)cc(OCc2cn(C(C)C)nn2)c1. The fourth-order valence-corrected chi connectivity index (χ4v) is 2.92. The quantitative estimate of drug-likeness (QED) is 0.266. The summed E-state index contributed by atoms with van der Waals surface area (Å²) < 4.78 is 21.4. The first-order valence-electron chi connectivity index (χ1n) is 11.9. The number of ether oxygens (including phenoxy) is 3. The summed E-state index contributed by atoms with van der Waals surface area (Å²) in [7, 11) is 0. The molecule has 36 heavy (non-hydrogen) atoms. The molecule has 0 aliphatic rings. The van der Waals surface area contributed by atoms with Gasteiger partial charge in [0.15, 0.2) is 0 Å². The zero-order chi connectivity index (χ0) is 26.2. The van der Waals surface area contributed by atoms with Crippen LogP contribution in [0.3, 0.4) is 0 Å². The van der Waals surface area contributed by atoms with Gasteiger partial charge in [-0.25, -0.2) is 15.2 Å². The van der Waals surface area contributed by atoms with Crippen LogP contribution in [0.4, 0.5) is 0 Å². The van der Waals surface area contributed by atoms with Gasteiger partial charge in [0.25, 0.3) is 0 Å². The Balaban J connectivity index is 1.72. The summed E-state index contributed by atoms with van der Waals surface area (Å²) in [5.41, 5.74) is 7.99. The van der Waals surface area contributed by atoms with Crippen LogP contribution in [-0.2, 0) is 13.2 Å². The number of nitrogens with two attached hydrogens (primary N) is 2. The van der Waals surface area contributed by atoms with Crippen LogP contribution >= 0.6 is 0 Å². The van der Waals surface area contributed by atoms with Crippen LogP contribution in [0, 0.1) is 0 Å². The number of nitrogens with zero attached hydrogens (tertiary/aromatic N) is 7. The van der Waals surface area contributed by atoms with Crippen molar-refractivity contribution in [3.63, 3.8) is 0 Å². The molecule has 12 heteroatoms. The third-order valence-corrected chi connectivity index (χ3v) is 5.12. The van der Waals surface area contributed by atoms with E-state index in [0.29, 0.717) is 34.3 Å². The molecule has 0 amide bonds. The summed E-state index contributed by atoms with van der Waals surface area (Å²) in [5, 5.41) is 18.1.